The second-order valence-corrected chi connectivity index (χ2v) is 4.54. The van der Waals surface area contributed by atoms with Crippen LogP contribution in [-0.4, -0.2) is 26.1 Å². The van der Waals surface area contributed by atoms with Gasteiger partial charge in [-0.25, -0.2) is 15.0 Å². The molecule has 0 unspecified atom stereocenters. The van der Waals surface area contributed by atoms with Crippen LogP contribution in [-0.2, 0) is 13.0 Å². The van der Waals surface area contributed by atoms with Crippen LogP contribution < -0.4 is 5.32 Å². The van der Waals surface area contributed by atoms with E-state index < -0.39 is 0 Å². The predicted molar refractivity (Wildman–Crippen MR) is 76.1 cm³/mol. The summed E-state index contributed by atoms with van der Waals surface area (Å²) in [6.07, 6.45) is 8.42. The monoisotopic (exact) mass is 259 g/mol. The van der Waals surface area contributed by atoms with Crippen LogP contribution in [0.2, 0.25) is 0 Å². The van der Waals surface area contributed by atoms with Gasteiger partial charge >= 0.3 is 0 Å². The fourth-order valence-electron chi connectivity index (χ4n) is 1.96. The summed E-state index contributed by atoms with van der Waals surface area (Å²) in [4.78, 5) is 12.9. The molecule has 0 radical (unpaired) electrons. The van der Waals surface area contributed by atoms with Gasteiger partial charge in [-0.05, 0) is 12.8 Å². The molecular weight excluding hydrogens is 238 g/mol. The lowest BCUT2D eigenvalue weighted by Gasteiger charge is -2.07. The molecule has 0 aliphatic rings. The number of nitrogens with one attached hydrogen (secondary N) is 1. The summed E-state index contributed by atoms with van der Waals surface area (Å²) >= 11 is 0. The molecule has 0 aliphatic carbocycles. The van der Waals surface area contributed by atoms with Crippen LogP contribution in [0, 0.1) is 0 Å². The van der Waals surface area contributed by atoms with Crippen LogP contribution in [0.1, 0.15) is 38.2 Å². The highest BCUT2D eigenvalue weighted by Gasteiger charge is 2.05. The number of rotatable bonds is 7. The molecule has 0 bridgehead atoms. The predicted octanol–water partition coefficient (Wildman–Crippen LogP) is 2.50. The summed E-state index contributed by atoms with van der Waals surface area (Å²) in [6.45, 7) is 6.24. The van der Waals surface area contributed by atoms with Gasteiger partial charge in [0.25, 0.3) is 0 Å². The van der Waals surface area contributed by atoms with Gasteiger partial charge in [0.15, 0.2) is 0 Å². The minimum absolute atomic E-state index is 0.746. The first-order valence-corrected chi connectivity index (χ1v) is 6.88. The molecular formula is C14H21N5. The molecule has 2 aromatic rings. The van der Waals surface area contributed by atoms with Crippen molar-refractivity contribution in [1.82, 2.24) is 19.5 Å². The second kappa shape index (κ2) is 6.87. The van der Waals surface area contributed by atoms with Gasteiger partial charge in [-0.15, -0.1) is 0 Å². The smallest absolute Gasteiger partial charge is 0.129 e. The van der Waals surface area contributed by atoms with Crippen molar-refractivity contribution < 1.29 is 0 Å². The Kier molecular flexibility index (Phi) is 4.89. The molecule has 2 rings (SSSR count). The number of nitrogens with zero attached hydrogens (tertiary/aromatic N) is 4. The molecule has 1 N–H and O–H groups in total. The van der Waals surface area contributed by atoms with Gasteiger partial charge in [0, 0.05) is 38.0 Å². The molecule has 0 amide bonds. The van der Waals surface area contributed by atoms with E-state index in [9.17, 15) is 0 Å². The molecule has 19 heavy (non-hydrogen) atoms. The SMILES string of the molecule is CCCNc1cc(Cc2nccn2CCC)ncn1. The van der Waals surface area contributed by atoms with Crippen molar-refractivity contribution in [1.29, 1.82) is 0 Å². The second-order valence-electron chi connectivity index (χ2n) is 4.54. The maximum Gasteiger partial charge on any atom is 0.129 e. The zero-order valence-corrected chi connectivity index (χ0v) is 11.6. The first-order valence-electron chi connectivity index (χ1n) is 6.88. The van der Waals surface area contributed by atoms with Crippen molar-refractivity contribution in [2.45, 2.75) is 39.7 Å². The molecule has 5 nitrogen and oxygen atoms in total. The largest absolute Gasteiger partial charge is 0.370 e. The summed E-state index contributed by atoms with van der Waals surface area (Å²) < 4.78 is 2.18. The number of hydrogen-bond donors (Lipinski definition) is 1. The lowest BCUT2D eigenvalue weighted by Crippen LogP contribution is -2.06. The van der Waals surface area contributed by atoms with E-state index in [1.807, 2.05) is 18.5 Å². The van der Waals surface area contributed by atoms with Crippen molar-refractivity contribution in [2.75, 3.05) is 11.9 Å². The Balaban J connectivity index is 2.07. The van der Waals surface area contributed by atoms with E-state index in [2.05, 4.69) is 38.7 Å². The Labute approximate surface area is 114 Å². The molecule has 0 fully saturated rings. The zero-order chi connectivity index (χ0) is 13.5. The molecule has 0 aromatic carbocycles. The van der Waals surface area contributed by atoms with Crippen molar-refractivity contribution in [2.24, 2.45) is 0 Å². The zero-order valence-electron chi connectivity index (χ0n) is 11.6. The van der Waals surface area contributed by atoms with Crippen LogP contribution in [0.3, 0.4) is 0 Å². The number of aromatic nitrogens is 4. The van der Waals surface area contributed by atoms with E-state index in [4.69, 9.17) is 0 Å². The van der Waals surface area contributed by atoms with Gasteiger partial charge < -0.3 is 9.88 Å². The molecule has 5 heteroatoms. The number of anilines is 1. The van der Waals surface area contributed by atoms with Gasteiger partial charge in [-0.1, -0.05) is 13.8 Å². The van der Waals surface area contributed by atoms with E-state index in [0.29, 0.717) is 0 Å². The summed E-state index contributed by atoms with van der Waals surface area (Å²) in [5.74, 6) is 1.95. The van der Waals surface area contributed by atoms with E-state index >= 15 is 0 Å². The highest BCUT2D eigenvalue weighted by Crippen LogP contribution is 2.09. The van der Waals surface area contributed by atoms with E-state index in [1.54, 1.807) is 6.33 Å². The van der Waals surface area contributed by atoms with Gasteiger partial charge in [-0.2, -0.15) is 0 Å². The Hall–Kier alpha value is -1.91. The van der Waals surface area contributed by atoms with Crippen molar-refractivity contribution >= 4 is 5.82 Å². The Morgan fingerprint density at radius 2 is 2.05 bits per heavy atom. The Bertz CT molecular complexity index is 506. The highest BCUT2D eigenvalue weighted by molar-refractivity contribution is 5.35. The molecule has 0 atom stereocenters. The minimum atomic E-state index is 0.746. The van der Waals surface area contributed by atoms with Crippen LogP contribution in [0.4, 0.5) is 5.82 Å². The third kappa shape index (κ3) is 3.77. The summed E-state index contributed by atoms with van der Waals surface area (Å²) in [5.41, 5.74) is 0.997. The minimum Gasteiger partial charge on any atom is -0.370 e. The number of imidazole rings is 1. The van der Waals surface area contributed by atoms with Gasteiger partial charge in [-0.3, -0.25) is 0 Å². The number of aryl methyl sites for hydroxylation is 1. The first kappa shape index (κ1) is 13.5. The summed E-state index contributed by atoms with van der Waals surface area (Å²) in [6, 6.07) is 2.00. The van der Waals surface area contributed by atoms with Gasteiger partial charge in [0.2, 0.25) is 0 Å². The topological polar surface area (TPSA) is 55.6 Å². The average Bonchev–Trinajstić information content (AvgIpc) is 2.85. The lowest BCUT2D eigenvalue weighted by molar-refractivity contribution is 0.644. The Morgan fingerprint density at radius 3 is 2.84 bits per heavy atom. The van der Waals surface area contributed by atoms with Gasteiger partial charge in [0.1, 0.15) is 18.0 Å². The maximum absolute atomic E-state index is 4.40. The quantitative estimate of drug-likeness (QED) is 0.830. The molecule has 102 valence electrons. The van der Waals surface area contributed by atoms with E-state index in [1.165, 1.54) is 0 Å². The van der Waals surface area contributed by atoms with Crippen LogP contribution >= 0.6 is 0 Å². The van der Waals surface area contributed by atoms with Crippen LogP contribution in [0.25, 0.3) is 0 Å². The van der Waals surface area contributed by atoms with E-state index in [0.717, 1.165) is 49.7 Å². The van der Waals surface area contributed by atoms with Gasteiger partial charge in [0.05, 0.1) is 5.69 Å². The normalized spacial score (nSPS) is 10.6. The van der Waals surface area contributed by atoms with Crippen LogP contribution in [0.15, 0.2) is 24.8 Å². The fourth-order valence-corrected chi connectivity index (χ4v) is 1.96. The molecule has 0 saturated heterocycles. The van der Waals surface area contributed by atoms with Crippen molar-refractivity contribution in [3.63, 3.8) is 0 Å². The van der Waals surface area contributed by atoms with Crippen LogP contribution in [0.5, 0.6) is 0 Å². The summed E-state index contributed by atoms with van der Waals surface area (Å²) in [7, 11) is 0. The maximum atomic E-state index is 4.40. The Morgan fingerprint density at radius 1 is 1.16 bits per heavy atom. The first-order chi connectivity index (χ1) is 9.33. The summed E-state index contributed by atoms with van der Waals surface area (Å²) in [5, 5.41) is 3.28. The van der Waals surface area contributed by atoms with E-state index in [-0.39, 0.29) is 0 Å². The standard InChI is InChI=1S/C14H21N5/c1-3-5-15-13-9-12(17-11-18-13)10-14-16-6-8-19(14)7-4-2/h6,8-9,11H,3-5,7,10H2,1-2H3,(H,15,17,18). The molecule has 2 heterocycles. The van der Waals surface area contributed by atoms with Crippen molar-refractivity contribution in [3.05, 3.63) is 36.3 Å². The fraction of sp³-hybridized carbons (Fsp3) is 0.500. The highest BCUT2D eigenvalue weighted by atomic mass is 15.1. The molecule has 0 aliphatic heterocycles. The third-order valence-corrected chi connectivity index (χ3v) is 2.89. The third-order valence-electron chi connectivity index (χ3n) is 2.89. The lowest BCUT2D eigenvalue weighted by atomic mass is 10.2. The molecule has 2 aromatic heterocycles. The number of hydrogen-bond acceptors (Lipinski definition) is 4. The molecule has 0 saturated carbocycles. The van der Waals surface area contributed by atoms with Crippen molar-refractivity contribution in [3.8, 4) is 0 Å². The molecule has 0 spiro atoms. The average molecular weight is 259 g/mol.